The van der Waals surface area contributed by atoms with Crippen LogP contribution in [0.25, 0.3) is 0 Å². The van der Waals surface area contributed by atoms with Crippen molar-refractivity contribution in [1.82, 2.24) is 4.90 Å². The van der Waals surface area contributed by atoms with Crippen molar-refractivity contribution in [3.63, 3.8) is 0 Å². The van der Waals surface area contributed by atoms with Gasteiger partial charge in [0.05, 0.1) is 26.2 Å². The fraction of sp³-hybridized carbons (Fsp3) is 1.00. The van der Waals surface area contributed by atoms with Crippen LogP contribution in [0.4, 0.5) is 0 Å². The van der Waals surface area contributed by atoms with Crippen LogP contribution in [0, 0.1) is 34.5 Å². The number of likely N-dealkylation sites (N-methyl/N-ethyl adjacent to an activating group) is 1. The van der Waals surface area contributed by atoms with E-state index in [0.29, 0.717) is 29.3 Å². The third-order valence-corrected chi connectivity index (χ3v) is 13.4. The van der Waals surface area contributed by atoms with Crippen LogP contribution in [0.3, 0.4) is 0 Å². The van der Waals surface area contributed by atoms with Gasteiger partial charge in [-0.15, -0.1) is 0 Å². The van der Waals surface area contributed by atoms with Gasteiger partial charge in [0.15, 0.2) is 0 Å². The van der Waals surface area contributed by atoms with Gasteiger partial charge >= 0.3 is 0 Å². The van der Waals surface area contributed by atoms with Crippen LogP contribution in [0.2, 0.25) is 0 Å². The van der Waals surface area contributed by atoms with E-state index < -0.39 is 0 Å². The highest BCUT2D eigenvalue weighted by Gasteiger charge is 2.65. The minimum atomic E-state index is -0.128. The molecule has 6 fully saturated rings. The zero-order chi connectivity index (χ0) is 24.4. The number of piperidine rings is 1. The summed E-state index contributed by atoms with van der Waals surface area (Å²) in [4.78, 5) is 2.67. The topological polar surface area (TPSA) is 43.7 Å². The molecule has 4 aliphatic carbocycles. The number of fused-ring (bicyclic) bond motifs is 5. The SMILES string of the molecule is C[C@]12CC(N3CCCCC3)C(O)CC1CC[C@@H]1[C@H]2CC[C@]2(C)C(O)C([N+]3(C)CCCCCC3)C[C@@H]12. The lowest BCUT2D eigenvalue weighted by atomic mass is 9.44. The zero-order valence-electron chi connectivity index (χ0n) is 23.1. The molecule has 4 saturated carbocycles. The normalized spacial score (nSPS) is 52.7. The molecule has 6 rings (SSSR count). The highest BCUT2D eigenvalue weighted by atomic mass is 16.3. The van der Waals surface area contributed by atoms with Crippen LogP contribution in [0.1, 0.15) is 104 Å². The number of nitrogens with zero attached hydrogens (tertiary/aromatic N) is 2. The van der Waals surface area contributed by atoms with E-state index in [1.54, 1.807) is 0 Å². The van der Waals surface area contributed by atoms with Crippen molar-refractivity contribution >= 4 is 0 Å². The summed E-state index contributed by atoms with van der Waals surface area (Å²) >= 11 is 0. The number of aliphatic hydroxyl groups excluding tert-OH is 2. The van der Waals surface area contributed by atoms with Gasteiger partial charge in [0.2, 0.25) is 0 Å². The molecule has 0 aromatic rings. The average molecular weight is 488 g/mol. The van der Waals surface area contributed by atoms with E-state index in [0.717, 1.165) is 22.7 Å². The molecule has 5 unspecified atom stereocenters. The molecule has 2 heterocycles. The van der Waals surface area contributed by atoms with E-state index in [1.807, 2.05) is 0 Å². The van der Waals surface area contributed by atoms with Crippen LogP contribution in [0.5, 0.6) is 0 Å². The number of quaternary nitrogens is 1. The summed E-state index contributed by atoms with van der Waals surface area (Å²) < 4.78 is 1.13. The molecule has 35 heavy (non-hydrogen) atoms. The molecular formula is C31H55N2O2+. The molecule has 6 aliphatic rings. The molecule has 2 N–H and O–H groups in total. The number of likely N-dealkylation sites (tertiary alicyclic amines) is 2. The number of aliphatic hydroxyl groups is 2. The molecule has 4 heteroatoms. The first-order chi connectivity index (χ1) is 16.8. The summed E-state index contributed by atoms with van der Waals surface area (Å²) in [5, 5.41) is 23.2. The number of rotatable bonds is 2. The number of hydrogen-bond acceptors (Lipinski definition) is 3. The minimum Gasteiger partial charge on any atom is -0.391 e. The van der Waals surface area contributed by atoms with Gasteiger partial charge in [-0.25, -0.2) is 0 Å². The lowest BCUT2D eigenvalue weighted by Crippen LogP contribution is -2.60. The Morgan fingerprint density at radius 2 is 1.46 bits per heavy atom. The predicted octanol–water partition coefficient (Wildman–Crippen LogP) is 5.21. The van der Waals surface area contributed by atoms with Crippen LogP contribution < -0.4 is 0 Å². The molecule has 0 radical (unpaired) electrons. The molecule has 0 aromatic heterocycles. The van der Waals surface area contributed by atoms with Crippen LogP contribution >= 0.6 is 0 Å². The van der Waals surface area contributed by atoms with Crippen molar-refractivity contribution in [2.75, 3.05) is 33.2 Å². The Morgan fingerprint density at radius 3 is 2.17 bits per heavy atom. The summed E-state index contributed by atoms with van der Waals surface area (Å²) in [5.41, 5.74) is 0.485. The Hall–Kier alpha value is -0.160. The van der Waals surface area contributed by atoms with Gasteiger partial charge in [0.25, 0.3) is 0 Å². The highest BCUT2D eigenvalue weighted by Crippen LogP contribution is 2.67. The Morgan fingerprint density at radius 1 is 0.771 bits per heavy atom. The number of hydrogen-bond donors (Lipinski definition) is 2. The fourth-order valence-electron chi connectivity index (χ4n) is 11.2. The molecule has 0 amide bonds. The Balaban J connectivity index is 1.25. The van der Waals surface area contributed by atoms with Crippen LogP contribution in [0.15, 0.2) is 0 Å². The smallest absolute Gasteiger partial charge is 0.116 e. The standard InChI is InChI=1S/C31H55N2O2/c1-30-14-13-24-23(25(30)20-27(29(30)35)33(3)17-9-4-5-10-18-33)12-11-22-19-28(34)26(21-31(22,24)2)32-15-7-6-8-16-32/h22-29,34-35H,4-21H2,1-3H3/q+1/t22?,23-,24-,25+,26?,27?,28?,29?,30+,31+/m1/s1. The maximum absolute atomic E-state index is 11.9. The van der Waals surface area contributed by atoms with Crippen molar-refractivity contribution in [2.24, 2.45) is 34.5 Å². The van der Waals surface area contributed by atoms with Crippen molar-refractivity contribution in [1.29, 1.82) is 0 Å². The van der Waals surface area contributed by atoms with Gasteiger partial charge < -0.3 is 14.7 Å². The predicted molar refractivity (Wildman–Crippen MR) is 142 cm³/mol. The Bertz CT molecular complexity index is 759. The molecule has 0 aromatic carbocycles. The van der Waals surface area contributed by atoms with Crippen LogP contribution in [-0.2, 0) is 0 Å². The van der Waals surface area contributed by atoms with E-state index in [2.05, 4.69) is 25.8 Å². The maximum Gasteiger partial charge on any atom is 0.116 e. The van der Waals surface area contributed by atoms with E-state index in [9.17, 15) is 10.2 Å². The fourth-order valence-corrected chi connectivity index (χ4v) is 11.2. The molecule has 2 saturated heterocycles. The third-order valence-electron chi connectivity index (χ3n) is 13.4. The maximum atomic E-state index is 11.9. The molecule has 200 valence electrons. The average Bonchev–Trinajstić information content (AvgIpc) is 2.97. The van der Waals surface area contributed by atoms with Gasteiger partial charge in [-0.05, 0) is 119 Å². The molecule has 0 bridgehead atoms. The second kappa shape index (κ2) is 9.24. The zero-order valence-corrected chi connectivity index (χ0v) is 23.1. The molecule has 2 aliphatic heterocycles. The van der Waals surface area contributed by atoms with Gasteiger partial charge in [-0.2, -0.15) is 0 Å². The highest BCUT2D eigenvalue weighted by molar-refractivity contribution is 5.13. The first-order valence-corrected chi connectivity index (χ1v) is 15.7. The Kier molecular flexibility index (Phi) is 6.64. The van der Waals surface area contributed by atoms with Crippen LogP contribution in [-0.4, -0.2) is 77.1 Å². The third kappa shape index (κ3) is 3.98. The second-order valence-electron chi connectivity index (χ2n) is 15.0. The van der Waals surface area contributed by atoms with Crippen molar-refractivity contribution in [3.05, 3.63) is 0 Å². The largest absolute Gasteiger partial charge is 0.391 e. The summed E-state index contributed by atoms with van der Waals surface area (Å²) in [6.45, 7) is 10.1. The van der Waals surface area contributed by atoms with Gasteiger partial charge in [0.1, 0.15) is 12.1 Å². The Labute approximate surface area is 215 Å². The van der Waals surface area contributed by atoms with Gasteiger partial charge in [0, 0.05) is 17.9 Å². The summed E-state index contributed by atoms with van der Waals surface area (Å²) in [6, 6.07) is 0.828. The van der Waals surface area contributed by atoms with Crippen molar-refractivity contribution in [3.8, 4) is 0 Å². The molecule has 10 atom stereocenters. The van der Waals surface area contributed by atoms with Crippen molar-refractivity contribution < 1.29 is 14.7 Å². The van der Waals surface area contributed by atoms with E-state index in [-0.39, 0.29) is 17.6 Å². The van der Waals surface area contributed by atoms with E-state index >= 15 is 0 Å². The first kappa shape index (κ1) is 25.1. The quantitative estimate of drug-likeness (QED) is 0.525. The van der Waals surface area contributed by atoms with Gasteiger partial charge in [-0.1, -0.05) is 20.3 Å². The lowest BCUT2D eigenvalue weighted by Gasteiger charge is -2.62. The first-order valence-electron chi connectivity index (χ1n) is 15.7. The second-order valence-corrected chi connectivity index (χ2v) is 15.0. The molecular weight excluding hydrogens is 432 g/mol. The summed E-state index contributed by atoms with van der Waals surface area (Å²) in [6.07, 6.45) is 17.9. The summed E-state index contributed by atoms with van der Waals surface area (Å²) in [7, 11) is 2.49. The monoisotopic (exact) mass is 487 g/mol. The van der Waals surface area contributed by atoms with E-state index in [4.69, 9.17) is 0 Å². The summed E-state index contributed by atoms with van der Waals surface area (Å²) in [5.74, 6) is 2.96. The molecule has 0 spiro atoms. The van der Waals surface area contributed by atoms with Gasteiger partial charge in [-0.3, -0.25) is 4.90 Å². The van der Waals surface area contributed by atoms with E-state index in [1.165, 1.54) is 110 Å². The lowest BCUT2D eigenvalue weighted by molar-refractivity contribution is -0.935. The molecule has 4 nitrogen and oxygen atoms in total. The minimum absolute atomic E-state index is 0.114. The van der Waals surface area contributed by atoms with Crippen molar-refractivity contribution in [2.45, 2.75) is 128 Å².